The summed E-state index contributed by atoms with van der Waals surface area (Å²) in [7, 11) is 1.92. The van der Waals surface area contributed by atoms with Crippen molar-refractivity contribution >= 4 is 5.91 Å². The van der Waals surface area contributed by atoms with Crippen LogP contribution in [0.15, 0.2) is 42.7 Å². The number of amides is 1. The predicted molar refractivity (Wildman–Crippen MR) is 104 cm³/mol. The smallest absolute Gasteiger partial charge is 0.225 e. The lowest BCUT2D eigenvalue weighted by molar-refractivity contribution is -0.137. The fraction of sp³-hybridized carbons (Fsp3) is 0.545. The maximum Gasteiger partial charge on any atom is 0.225 e. The van der Waals surface area contributed by atoms with Gasteiger partial charge in [0.05, 0.1) is 12.6 Å². The predicted octanol–water partition coefficient (Wildman–Crippen LogP) is 3.06. The van der Waals surface area contributed by atoms with E-state index in [1.165, 1.54) is 5.56 Å². The summed E-state index contributed by atoms with van der Waals surface area (Å²) in [6.45, 7) is 5.82. The van der Waals surface area contributed by atoms with Gasteiger partial charge in [0.1, 0.15) is 5.60 Å². The molecule has 0 spiro atoms. The van der Waals surface area contributed by atoms with Gasteiger partial charge in [0, 0.05) is 32.3 Å². The van der Waals surface area contributed by atoms with Gasteiger partial charge in [-0.2, -0.15) is 5.10 Å². The van der Waals surface area contributed by atoms with E-state index in [0.29, 0.717) is 13.1 Å². The zero-order valence-electron chi connectivity index (χ0n) is 16.4. The van der Waals surface area contributed by atoms with Crippen LogP contribution in [-0.4, -0.2) is 38.8 Å². The third-order valence-electron chi connectivity index (χ3n) is 6.37. The number of nitrogens with zero attached hydrogens (tertiary/aromatic N) is 3. The van der Waals surface area contributed by atoms with Gasteiger partial charge < -0.3 is 10.0 Å². The average Bonchev–Trinajstić information content (AvgIpc) is 3.34. The van der Waals surface area contributed by atoms with Gasteiger partial charge >= 0.3 is 0 Å². The summed E-state index contributed by atoms with van der Waals surface area (Å²) in [5.74, 6) is 0.502. The fourth-order valence-corrected chi connectivity index (χ4v) is 4.61. The van der Waals surface area contributed by atoms with Gasteiger partial charge in [-0.3, -0.25) is 9.48 Å². The molecule has 2 heterocycles. The van der Waals surface area contributed by atoms with Gasteiger partial charge in [0.2, 0.25) is 5.91 Å². The molecule has 1 saturated heterocycles. The van der Waals surface area contributed by atoms with Crippen molar-refractivity contribution in [1.82, 2.24) is 14.7 Å². The second kappa shape index (κ2) is 6.48. The SMILES string of the molecule is Cn1cc(C2CN(C(=O)CC(O)(c3ccccc3)C3CC3)CC2(C)C)cn1. The van der Waals surface area contributed by atoms with E-state index in [4.69, 9.17) is 0 Å². The Labute approximate surface area is 161 Å². The number of aliphatic hydroxyl groups is 1. The summed E-state index contributed by atoms with van der Waals surface area (Å²) in [6, 6.07) is 9.70. The molecule has 5 heteroatoms. The molecule has 1 aliphatic heterocycles. The highest BCUT2D eigenvalue weighted by molar-refractivity contribution is 5.78. The molecule has 0 bridgehead atoms. The van der Waals surface area contributed by atoms with Crippen LogP contribution in [0.4, 0.5) is 0 Å². The molecule has 144 valence electrons. The second-order valence-electron chi connectivity index (χ2n) is 9.00. The molecule has 2 unspecified atom stereocenters. The first-order chi connectivity index (χ1) is 12.8. The lowest BCUT2D eigenvalue weighted by Crippen LogP contribution is -2.39. The zero-order valence-corrected chi connectivity index (χ0v) is 16.4. The standard InChI is InChI=1S/C22H29N3O2/c1-21(2)15-25(14-19(21)16-12-23-24(3)13-16)20(26)11-22(27,18-9-10-18)17-7-5-4-6-8-17/h4-8,12-13,18-19,27H,9-11,14-15H2,1-3H3. The summed E-state index contributed by atoms with van der Waals surface area (Å²) in [4.78, 5) is 15.1. The molecule has 1 aliphatic carbocycles. The molecule has 4 rings (SSSR count). The van der Waals surface area contributed by atoms with Crippen molar-refractivity contribution in [3.63, 3.8) is 0 Å². The number of hydrogen-bond donors (Lipinski definition) is 1. The van der Waals surface area contributed by atoms with Crippen LogP contribution in [-0.2, 0) is 17.4 Å². The normalized spacial score (nSPS) is 24.0. The first kappa shape index (κ1) is 18.2. The Balaban J connectivity index is 1.53. The highest BCUT2D eigenvalue weighted by Gasteiger charge is 2.49. The van der Waals surface area contributed by atoms with Gasteiger partial charge in [-0.1, -0.05) is 44.2 Å². The number of benzene rings is 1. The maximum atomic E-state index is 13.2. The number of aromatic nitrogens is 2. The monoisotopic (exact) mass is 367 g/mol. The number of likely N-dealkylation sites (tertiary alicyclic amines) is 1. The molecule has 1 amide bonds. The van der Waals surface area contributed by atoms with Crippen LogP contribution in [0.25, 0.3) is 0 Å². The Hall–Kier alpha value is -2.14. The molecular weight excluding hydrogens is 338 g/mol. The van der Waals surface area contributed by atoms with Crippen molar-refractivity contribution in [2.45, 2.75) is 44.6 Å². The van der Waals surface area contributed by atoms with Crippen molar-refractivity contribution in [1.29, 1.82) is 0 Å². The lowest BCUT2D eigenvalue weighted by Gasteiger charge is -2.30. The molecular formula is C22H29N3O2. The molecule has 1 N–H and O–H groups in total. The fourth-order valence-electron chi connectivity index (χ4n) is 4.61. The molecule has 5 nitrogen and oxygen atoms in total. The minimum atomic E-state index is -1.05. The van der Waals surface area contributed by atoms with Crippen LogP contribution in [0.1, 0.15) is 50.2 Å². The summed E-state index contributed by atoms with van der Waals surface area (Å²) in [5.41, 5.74) is 0.985. The Kier molecular flexibility index (Phi) is 4.38. The molecule has 2 aliphatic rings. The van der Waals surface area contributed by atoms with Crippen molar-refractivity contribution in [2.75, 3.05) is 13.1 Å². The van der Waals surface area contributed by atoms with Gasteiger partial charge in [0.15, 0.2) is 0 Å². The van der Waals surface area contributed by atoms with E-state index in [0.717, 1.165) is 18.4 Å². The third kappa shape index (κ3) is 3.41. The Morgan fingerprint density at radius 3 is 2.59 bits per heavy atom. The minimum absolute atomic E-state index is 0.0108. The Morgan fingerprint density at radius 1 is 1.30 bits per heavy atom. The third-order valence-corrected chi connectivity index (χ3v) is 6.37. The Morgan fingerprint density at radius 2 is 2.00 bits per heavy atom. The molecule has 1 saturated carbocycles. The molecule has 2 aromatic rings. The second-order valence-corrected chi connectivity index (χ2v) is 9.00. The molecule has 2 fully saturated rings. The van der Waals surface area contributed by atoms with E-state index in [2.05, 4.69) is 18.9 Å². The van der Waals surface area contributed by atoms with Crippen molar-refractivity contribution in [2.24, 2.45) is 18.4 Å². The first-order valence-electron chi connectivity index (χ1n) is 9.84. The first-order valence-corrected chi connectivity index (χ1v) is 9.84. The maximum absolute atomic E-state index is 13.2. The number of hydrogen-bond acceptors (Lipinski definition) is 3. The average molecular weight is 367 g/mol. The van der Waals surface area contributed by atoms with Crippen LogP contribution in [0, 0.1) is 11.3 Å². The van der Waals surface area contributed by atoms with E-state index in [9.17, 15) is 9.90 Å². The quantitative estimate of drug-likeness (QED) is 0.884. The van der Waals surface area contributed by atoms with Gasteiger partial charge in [-0.25, -0.2) is 0 Å². The van der Waals surface area contributed by atoms with Gasteiger partial charge in [-0.15, -0.1) is 0 Å². The Bertz CT molecular complexity index is 825. The van der Waals surface area contributed by atoms with Crippen LogP contribution in [0.3, 0.4) is 0 Å². The molecule has 1 aromatic carbocycles. The number of aryl methyl sites for hydroxylation is 1. The van der Waals surface area contributed by atoms with Crippen molar-refractivity contribution < 1.29 is 9.90 Å². The van der Waals surface area contributed by atoms with Crippen molar-refractivity contribution in [3.8, 4) is 0 Å². The lowest BCUT2D eigenvalue weighted by atomic mass is 9.79. The molecule has 2 atom stereocenters. The van der Waals surface area contributed by atoms with E-state index < -0.39 is 5.60 Å². The summed E-state index contributed by atoms with van der Waals surface area (Å²) < 4.78 is 1.82. The van der Waals surface area contributed by atoms with Crippen LogP contribution in [0.2, 0.25) is 0 Å². The highest BCUT2D eigenvalue weighted by Crippen LogP contribution is 2.49. The minimum Gasteiger partial charge on any atom is -0.384 e. The summed E-state index contributed by atoms with van der Waals surface area (Å²) in [5, 5.41) is 15.7. The molecule has 0 radical (unpaired) electrons. The van der Waals surface area contributed by atoms with Crippen LogP contribution < -0.4 is 0 Å². The highest BCUT2D eigenvalue weighted by atomic mass is 16.3. The number of carbonyl (C=O) groups excluding carboxylic acids is 1. The number of rotatable bonds is 5. The largest absolute Gasteiger partial charge is 0.384 e. The van der Waals surface area contributed by atoms with Crippen molar-refractivity contribution in [3.05, 3.63) is 53.9 Å². The van der Waals surface area contributed by atoms with E-state index >= 15 is 0 Å². The molecule has 1 aromatic heterocycles. The van der Waals surface area contributed by atoms with Gasteiger partial charge in [0.25, 0.3) is 0 Å². The summed E-state index contributed by atoms with van der Waals surface area (Å²) in [6.07, 6.45) is 6.10. The zero-order chi connectivity index (χ0) is 19.2. The summed E-state index contributed by atoms with van der Waals surface area (Å²) >= 11 is 0. The van der Waals surface area contributed by atoms with E-state index in [1.807, 2.05) is 59.4 Å². The van der Waals surface area contributed by atoms with E-state index in [1.54, 1.807) is 0 Å². The number of carbonyl (C=O) groups is 1. The topological polar surface area (TPSA) is 58.4 Å². The van der Waals surface area contributed by atoms with Gasteiger partial charge in [-0.05, 0) is 35.3 Å². The molecule has 27 heavy (non-hydrogen) atoms. The van der Waals surface area contributed by atoms with E-state index in [-0.39, 0.29) is 29.6 Å². The van der Waals surface area contributed by atoms with Crippen LogP contribution in [0.5, 0.6) is 0 Å². The van der Waals surface area contributed by atoms with Crippen LogP contribution >= 0.6 is 0 Å².